The van der Waals surface area contributed by atoms with Gasteiger partial charge in [-0.2, -0.15) is 5.10 Å². The predicted molar refractivity (Wildman–Crippen MR) is 92.1 cm³/mol. The number of nitrogens with one attached hydrogen (secondary N) is 1. The molecule has 1 aliphatic carbocycles. The minimum absolute atomic E-state index is 0.878. The lowest BCUT2D eigenvalue weighted by molar-refractivity contribution is 0.722. The molecule has 3 rings (SSSR count). The summed E-state index contributed by atoms with van der Waals surface area (Å²) in [5.41, 5.74) is 6.83. The Morgan fingerprint density at radius 3 is 3.05 bits per heavy atom. The average molecular weight is 299 g/mol. The van der Waals surface area contributed by atoms with E-state index in [4.69, 9.17) is 0 Å². The van der Waals surface area contributed by atoms with Crippen LogP contribution in [0.4, 0.5) is 5.13 Å². The van der Waals surface area contributed by atoms with E-state index in [1.54, 1.807) is 11.3 Å². The molecule has 3 nitrogen and oxygen atoms in total. The number of thiazole rings is 1. The van der Waals surface area contributed by atoms with E-state index >= 15 is 0 Å². The first-order valence-electron chi connectivity index (χ1n) is 7.74. The second-order valence-corrected chi connectivity index (χ2v) is 6.41. The number of rotatable bonds is 6. The van der Waals surface area contributed by atoms with Crippen LogP contribution in [0.1, 0.15) is 45.4 Å². The number of hydrogen-bond donors (Lipinski definition) is 1. The molecule has 0 fully saturated rings. The first kappa shape index (κ1) is 14.3. The lowest BCUT2D eigenvalue weighted by Crippen LogP contribution is -2.01. The first-order chi connectivity index (χ1) is 10.4. The summed E-state index contributed by atoms with van der Waals surface area (Å²) in [6, 6.07) is 8.19. The molecule has 0 spiro atoms. The van der Waals surface area contributed by atoms with Gasteiger partial charge in [0.2, 0.25) is 5.13 Å². The third kappa shape index (κ3) is 3.50. The van der Waals surface area contributed by atoms with E-state index in [9.17, 15) is 0 Å². The molecule has 110 valence electrons. The Labute approximate surface area is 129 Å². The number of anilines is 1. The number of aromatic nitrogens is 1. The van der Waals surface area contributed by atoms with Crippen LogP contribution in [0.15, 0.2) is 41.0 Å². The van der Waals surface area contributed by atoms with Crippen LogP contribution in [0.2, 0.25) is 0 Å². The smallest absolute Gasteiger partial charge is 0.204 e. The highest BCUT2D eigenvalue weighted by Crippen LogP contribution is 2.26. The Morgan fingerprint density at radius 1 is 1.29 bits per heavy atom. The summed E-state index contributed by atoms with van der Waals surface area (Å²) in [5.74, 6) is 0. The lowest BCUT2D eigenvalue weighted by atomic mass is 10.1. The summed E-state index contributed by atoms with van der Waals surface area (Å²) < 4.78 is 1.20. The molecule has 1 N–H and O–H groups in total. The van der Waals surface area contributed by atoms with Crippen molar-refractivity contribution in [1.82, 2.24) is 4.98 Å². The molecular formula is C17H21N3S. The summed E-state index contributed by atoms with van der Waals surface area (Å²) in [5, 5.41) is 5.47. The molecule has 0 saturated carbocycles. The van der Waals surface area contributed by atoms with Crippen molar-refractivity contribution in [3.05, 3.63) is 35.9 Å². The van der Waals surface area contributed by atoms with Crippen molar-refractivity contribution in [3.63, 3.8) is 0 Å². The average Bonchev–Trinajstić information content (AvgIpc) is 3.11. The summed E-state index contributed by atoms with van der Waals surface area (Å²) in [4.78, 5) is 4.56. The Morgan fingerprint density at radius 2 is 2.19 bits per heavy atom. The maximum Gasteiger partial charge on any atom is 0.204 e. The molecule has 1 aromatic carbocycles. The molecule has 1 heterocycles. The van der Waals surface area contributed by atoms with Gasteiger partial charge in [-0.25, -0.2) is 4.98 Å². The zero-order valence-electron chi connectivity index (χ0n) is 12.4. The number of para-hydroxylation sites is 1. The number of hydrazone groups is 1. The number of unbranched alkanes of at least 4 members (excludes halogenated alkanes) is 2. The van der Waals surface area contributed by atoms with E-state index in [-0.39, 0.29) is 0 Å². The van der Waals surface area contributed by atoms with Crippen LogP contribution >= 0.6 is 11.3 Å². The molecule has 0 bridgehead atoms. The van der Waals surface area contributed by atoms with Crippen molar-refractivity contribution in [2.24, 2.45) is 5.10 Å². The summed E-state index contributed by atoms with van der Waals surface area (Å²) >= 11 is 1.65. The van der Waals surface area contributed by atoms with Crippen LogP contribution in [-0.4, -0.2) is 10.7 Å². The fraction of sp³-hybridized carbons (Fsp3) is 0.412. The first-order valence-corrected chi connectivity index (χ1v) is 8.56. The molecule has 1 aliphatic rings. The maximum absolute atomic E-state index is 4.60. The van der Waals surface area contributed by atoms with Crippen molar-refractivity contribution < 1.29 is 0 Å². The molecule has 0 saturated heterocycles. The van der Waals surface area contributed by atoms with E-state index < -0.39 is 0 Å². The van der Waals surface area contributed by atoms with Crippen LogP contribution in [0.5, 0.6) is 0 Å². The molecule has 0 unspecified atom stereocenters. The third-order valence-corrected chi connectivity index (χ3v) is 4.71. The van der Waals surface area contributed by atoms with Gasteiger partial charge in [-0.05, 0) is 43.4 Å². The van der Waals surface area contributed by atoms with Crippen molar-refractivity contribution in [3.8, 4) is 0 Å². The summed E-state index contributed by atoms with van der Waals surface area (Å²) in [6.07, 6.45) is 9.52. The van der Waals surface area contributed by atoms with Crippen molar-refractivity contribution in [1.29, 1.82) is 0 Å². The topological polar surface area (TPSA) is 37.3 Å². The van der Waals surface area contributed by atoms with Crippen molar-refractivity contribution in [2.75, 3.05) is 5.43 Å². The molecule has 2 aromatic rings. The minimum Gasteiger partial charge on any atom is -0.252 e. The fourth-order valence-corrected chi connectivity index (χ4v) is 3.44. The van der Waals surface area contributed by atoms with Crippen LogP contribution in [0.3, 0.4) is 0 Å². The quantitative estimate of drug-likeness (QED) is 0.575. The molecular weight excluding hydrogens is 278 g/mol. The van der Waals surface area contributed by atoms with Gasteiger partial charge >= 0.3 is 0 Å². The Hall–Kier alpha value is -1.68. The number of benzene rings is 1. The highest BCUT2D eigenvalue weighted by atomic mass is 32.1. The minimum atomic E-state index is 0.878. The third-order valence-electron chi connectivity index (χ3n) is 3.77. The van der Waals surface area contributed by atoms with Gasteiger partial charge in [0.05, 0.1) is 15.9 Å². The van der Waals surface area contributed by atoms with Gasteiger partial charge in [-0.15, -0.1) is 0 Å². The van der Waals surface area contributed by atoms with Crippen molar-refractivity contribution >= 4 is 32.4 Å². The second-order valence-electron chi connectivity index (χ2n) is 5.38. The van der Waals surface area contributed by atoms with Gasteiger partial charge in [-0.1, -0.05) is 49.3 Å². The highest BCUT2D eigenvalue weighted by Gasteiger charge is 2.13. The molecule has 0 atom stereocenters. The zero-order chi connectivity index (χ0) is 14.5. The molecule has 4 heteroatoms. The fourth-order valence-electron chi connectivity index (χ4n) is 2.64. The van der Waals surface area contributed by atoms with Crippen LogP contribution in [0, 0.1) is 0 Å². The zero-order valence-corrected chi connectivity index (χ0v) is 13.2. The number of hydrogen-bond acceptors (Lipinski definition) is 4. The lowest BCUT2D eigenvalue weighted by Gasteiger charge is -2.04. The van der Waals surface area contributed by atoms with Gasteiger partial charge in [0.1, 0.15) is 0 Å². The molecule has 0 aliphatic heterocycles. The van der Waals surface area contributed by atoms with Gasteiger partial charge < -0.3 is 0 Å². The monoisotopic (exact) mass is 299 g/mol. The SMILES string of the molecule is CCCCCC1=CCC/C1=N\Nc1nc2ccccc2s1. The molecule has 0 amide bonds. The van der Waals surface area contributed by atoms with E-state index in [0.29, 0.717) is 0 Å². The van der Waals surface area contributed by atoms with Gasteiger partial charge in [0.25, 0.3) is 0 Å². The maximum atomic E-state index is 4.60. The van der Waals surface area contributed by atoms with E-state index in [0.717, 1.165) is 29.9 Å². The summed E-state index contributed by atoms with van der Waals surface area (Å²) in [7, 11) is 0. The largest absolute Gasteiger partial charge is 0.252 e. The highest BCUT2D eigenvalue weighted by molar-refractivity contribution is 7.22. The van der Waals surface area contributed by atoms with E-state index in [1.165, 1.54) is 35.2 Å². The second kappa shape index (κ2) is 6.85. The number of allylic oxidation sites excluding steroid dienone is 2. The number of nitrogens with zero attached hydrogens (tertiary/aromatic N) is 2. The van der Waals surface area contributed by atoms with E-state index in [2.05, 4.69) is 34.6 Å². The Bertz CT molecular complexity index is 636. The standard InChI is InChI=1S/C17H21N3S/c1-2-3-4-8-13-9-7-11-14(13)19-20-17-18-15-10-5-6-12-16(15)21-17/h5-6,9-10,12H,2-4,7-8,11H2,1H3,(H,18,20)/b19-14+. The van der Waals surface area contributed by atoms with Crippen LogP contribution < -0.4 is 5.43 Å². The molecule has 0 radical (unpaired) electrons. The molecule has 1 aromatic heterocycles. The number of fused-ring (bicyclic) bond motifs is 1. The van der Waals surface area contributed by atoms with Crippen LogP contribution in [-0.2, 0) is 0 Å². The Kier molecular flexibility index (Phi) is 4.65. The normalized spacial score (nSPS) is 16.6. The van der Waals surface area contributed by atoms with E-state index in [1.807, 2.05) is 18.2 Å². The predicted octanol–water partition coefficient (Wildman–Crippen LogP) is 5.36. The molecule has 21 heavy (non-hydrogen) atoms. The van der Waals surface area contributed by atoms with Gasteiger partial charge in [0, 0.05) is 0 Å². The van der Waals surface area contributed by atoms with Crippen LogP contribution in [0.25, 0.3) is 10.2 Å². The Balaban J connectivity index is 1.66. The van der Waals surface area contributed by atoms with Crippen molar-refractivity contribution in [2.45, 2.75) is 45.4 Å². The summed E-state index contributed by atoms with van der Waals surface area (Å²) in [6.45, 7) is 2.24. The van der Waals surface area contributed by atoms with Gasteiger partial charge in [-0.3, -0.25) is 5.43 Å². The van der Waals surface area contributed by atoms with Gasteiger partial charge in [0.15, 0.2) is 0 Å².